The van der Waals surface area contributed by atoms with Crippen molar-refractivity contribution in [1.82, 2.24) is 0 Å². The van der Waals surface area contributed by atoms with Gasteiger partial charge in [-0.3, -0.25) is 4.79 Å². The van der Waals surface area contributed by atoms with Gasteiger partial charge >= 0.3 is 0 Å². The molecule has 2 aromatic carbocycles. The van der Waals surface area contributed by atoms with Crippen LogP contribution < -0.4 is 4.74 Å². The highest BCUT2D eigenvalue weighted by Gasteiger charge is 2.11. The summed E-state index contributed by atoms with van der Waals surface area (Å²) in [5.74, 6) is 0.454. The second kappa shape index (κ2) is 6.81. The van der Waals surface area contributed by atoms with Crippen LogP contribution in [-0.4, -0.2) is 6.29 Å². The molecule has 0 radical (unpaired) electrons. The number of hydrogen-bond donors (Lipinski definition) is 0. The molecule has 0 N–H and O–H groups in total. The van der Waals surface area contributed by atoms with Crippen molar-refractivity contribution in [2.24, 2.45) is 0 Å². The Morgan fingerprint density at radius 3 is 2.50 bits per heavy atom. The molecular weight excluding hydrogens is 386 g/mol. The van der Waals surface area contributed by atoms with Crippen LogP contribution >= 0.6 is 50.7 Å². The van der Waals surface area contributed by atoms with E-state index in [-0.39, 0.29) is 6.61 Å². The van der Waals surface area contributed by atoms with Gasteiger partial charge in [-0.25, -0.2) is 0 Å². The fourth-order valence-corrected chi connectivity index (χ4v) is 2.63. The monoisotopic (exact) mass is 392 g/mol. The van der Waals surface area contributed by atoms with Crippen molar-refractivity contribution >= 4 is 57.0 Å². The molecule has 20 heavy (non-hydrogen) atoms. The first-order valence-corrected chi connectivity index (χ1v) is 7.45. The molecule has 0 heterocycles. The molecule has 0 atom stereocenters. The number of halogens is 4. The maximum absolute atomic E-state index is 11.0. The van der Waals surface area contributed by atoms with Crippen LogP contribution in [0.25, 0.3) is 0 Å². The minimum absolute atomic E-state index is 0.126. The molecule has 2 aromatic rings. The second-order valence-corrected chi connectivity index (χ2v) is 6.02. The highest BCUT2D eigenvalue weighted by atomic mass is 79.9. The molecule has 0 aromatic heterocycles. The summed E-state index contributed by atoms with van der Waals surface area (Å²) in [4.78, 5) is 11.0. The Hall–Kier alpha value is -0.740. The first-order chi connectivity index (χ1) is 9.52. The number of ether oxygens (including phenoxy) is 1. The van der Waals surface area contributed by atoms with E-state index in [4.69, 9.17) is 39.5 Å². The van der Waals surface area contributed by atoms with E-state index in [0.717, 1.165) is 10.8 Å². The van der Waals surface area contributed by atoms with Gasteiger partial charge in [-0.1, -0.05) is 50.7 Å². The third kappa shape index (κ3) is 3.47. The summed E-state index contributed by atoms with van der Waals surface area (Å²) in [5, 5.41) is 1.22. The SMILES string of the molecule is O=Cc1cc(Br)ccc1OCc1c(Cl)ccc(Cl)c1Cl. The van der Waals surface area contributed by atoms with Crippen LogP contribution in [0.3, 0.4) is 0 Å². The molecular formula is C14H8BrCl3O2. The number of hydrogen-bond acceptors (Lipinski definition) is 2. The third-order valence-electron chi connectivity index (χ3n) is 2.61. The van der Waals surface area contributed by atoms with Crippen LogP contribution in [0.4, 0.5) is 0 Å². The summed E-state index contributed by atoms with van der Waals surface area (Å²) in [5.41, 5.74) is 1.02. The topological polar surface area (TPSA) is 26.3 Å². The van der Waals surface area contributed by atoms with Crippen molar-refractivity contribution in [3.05, 3.63) is 61.0 Å². The molecule has 0 spiro atoms. The molecule has 0 fully saturated rings. The highest BCUT2D eigenvalue weighted by Crippen LogP contribution is 2.32. The van der Waals surface area contributed by atoms with Crippen LogP contribution in [0.1, 0.15) is 15.9 Å². The second-order valence-electron chi connectivity index (χ2n) is 3.91. The lowest BCUT2D eigenvalue weighted by molar-refractivity contribution is 0.111. The molecule has 0 bridgehead atoms. The van der Waals surface area contributed by atoms with Crippen LogP contribution in [0.2, 0.25) is 15.1 Å². The molecule has 2 nitrogen and oxygen atoms in total. The van der Waals surface area contributed by atoms with Gasteiger partial charge < -0.3 is 4.74 Å². The lowest BCUT2D eigenvalue weighted by Crippen LogP contribution is -2.00. The predicted octanol–water partition coefficient (Wildman–Crippen LogP) is 5.80. The number of aldehydes is 1. The zero-order chi connectivity index (χ0) is 14.7. The maximum Gasteiger partial charge on any atom is 0.153 e. The van der Waals surface area contributed by atoms with Crippen molar-refractivity contribution in [2.75, 3.05) is 0 Å². The fraction of sp³-hybridized carbons (Fsp3) is 0.0714. The molecule has 0 unspecified atom stereocenters. The minimum atomic E-state index is 0.126. The van der Waals surface area contributed by atoms with Gasteiger partial charge in [-0.15, -0.1) is 0 Å². The Labute approximate surface area is 139 Å². The lowest BCUT2D eigenvalue weighted by atomic mass is 10.2. The Kier molecular flexibility index (Phi) is 5.33. The van der Waals surface area contributed by atoms with Gasteiger partial charge in [0.15, 0.2) is 6.29 Å². The van der Waals surface area contributed by atoms with Crippen molar-refractivity contribution in [1.29, 1.82) is 0 Å². The van der Waals surface area contributed by atoms with Gasteiger partial charge in [0, 0.05) is 15.1 Å². The minimum Gasteiger partial charge on any atom is -0.488 e. The van der Waals surface area contributed by atoms with Crippen LogP contribution in [0.15, 0.2) is 34.8 Å². The summed E-state index contributed by atoms with van der Waals surface area (Å²) in [6, 6.07) is 8.41. The van der Waals surface area contributed by atoms with E-state index in [1.807, 2.05) is 0 Å². The average molecular weight is 394 g/mol. The molecule has 0 aliphatic rings. The van der Waals surface area contributed by atoms with Gasteiger partial charge in [-0.05, 0) is 30.3 Å². The van der Waals surface area contributed by atoms with E-state index in [2.05, 4.69) is 15.9 Å². The van der Waals surface area contributed by atoms with Gasteiger partial charge in [-0.2, -0.15) is 0 Å². The molecule has 6 heteroatoms. The Morgan fingerprint density at radius 2 is 1.80 bits per heavy atom. The van der Waals surface area contributed by atoms with Crippen molar-refractivity contribution in [3.8, 4) is 5.75 Å². The highest BCUT2D eigenvalue weighted by molar-refractivity contribution is 9.10. The van der Waals surface area contributed by atoms with E-state index in [0.29, 0.717) is 31.9 Å². The smallest absolute Gasteiger partial charge is 0.153 e. The van der Waals surface area contributed by atoms with Crippen LogP contribution in [-0.2, 0) is 6.61 Å². The van der Waals surface area contributed by atoms with Gasteiger partial charge in [0.2, 0.25) is 0 Å². The first kappa shape index (κ1) is 15.6. The fourth-order valence-electron chi connectivity index (χ4n) is 1.59. The Morgan fingerprint density at radius 1 is 1.10 bits per heavy atom. The zero-order valence-electron chi connectivity index (χ0n) is 10.00. The molecule has 0 saturated heterocycles. The average Bonchev–Trinajstić information content (AvgIpc) is 2.44. The predicted molar refractivity (Wildman–Crippen MR) is 85.3 cm³/mol. The largest absolute Gasteiger partial charge is 0.488 e. The Balaban J connectivity index is 2.25. The number of rotatable bonds is 4. The number of carbonyl (C=O) groups is 1. The van der Waals surface area contributed by atoms with Crippen LogP contribution in [0.5, 0.6) is 5.75 Å². The molecule has 0 aliphatic carbocycles. The van der Waals surface area contributed by atoms with Crippen molar-refractivity contribution < 1.29 is 9.53 Å². The zero-order valence-corrected chi connectivity index (χ0v) is 13.9. The molecule has 0 amide bonds. The standard InChI is InChI=1S/C14H8BrCl3O2/c15-9-1-4-13(8(5-9)6-19)20-7-10-11(16)2-3-12(17)14(10)18/h1-6H,7H2. The molecule has 2 rings (SSSR count). The summed E-state index contributed by atoms with van der Waals surface area (Å²) in [7, 11) is 0. The Bertz CT molecular complexity index is 659. The first-order valence-electron chi connectivity index (χ1n) is 5.53. The van der Waals surface area contributed by atoms with Gasteiger partial charge in [0.1, 0.15) is 12.4 Å². The normalized spacial score (nSPS) is 10.4. The number of carbonyl (C=O) groups excluding carboxylic acids is 1. The molecule has 0 saturated carbocycles. The summed E-state index contributed by atoms with van der Waals surface area (Å²) in [6.07, 6.45) is 0.723. The van der Waals surface area contributed by atoms with E-state index >= 15 is 0 Å². The van der Waals surface area contributed by atoms with Gasteiger partial charge in [0.25, 0.3) is 0 Å². The summed E-state index contributed by atoms with van der Waals surface area (Å²) < 4.78 is 6.40. The van der Waals surface area contributed by atoms with E-state index < -0.39 is 0 Å². The lowest BCUT2D eigenvalue weighted by Gasteiger charge is -2.12. The summed E-state index contributed by atoms with van der Waals surface area (Å²) >= 11 is 21.4. The van der Waals surface area contributed by atoms with E-state index in [1.165, 1.54) is 0 Å². The summed E-state index contributed by atoms with van der Waals surface area (Å²) in [6.45, 7) is 0.126. The van der Waals surface area contributed by atoms with E-state index in [9.17, 15) is 4.79 Å². The number of benzene rings is 2. The molecule has 104 valence electrons. The van der Waals surface area contributed by atoms with Crippen molar-refractivity contribution in [3.63, 3.8) is 0 Å². The maximum atomic E-state index is 11.0. The van der Waals surface area contributed by atoms with Gasteiger partial charge in [0.05, 0.1) is 15.6 Å². The third-order valence-corrected chi connectivity index (χ3v) is 4.30. The quantitative estimate of drug-likeness (QED) is 0.484. The molecule has 0 aliphatic heterocycles. The van der Waals surface area contributed by atoms with Crippen molar-refractivity contribution in [2.45, 2.75) is 6.61 Å². The van der Waals surface area contributed by atoms with Crippen LogP contribution in [0, 0.1) is 0 Å². The van der Waals surface area contributed by atoms with E-state index in [1.54, 1.807) is 30.3 Å².